The molecule has 1 saturated heterocycles. The van der Waals surface area contributed by atoms with Gasteiger partial charge in [-0.25, -0.2) is 4.79 Å². The molecule has 0 radical (unpaired) electrons. The number of nitrogens with two attached hydrogens (primary N) is 1. The second-order valence-electron chi connectivity index (χ2n) is 5.48. The lowest BCUT2D eigenvalue weighted by Gasteiger charge is -2.42. The lowest BCUT2D eigenvalue weighted by atomic mass is 10.0. The van der Waals surface area contributed by atoms with Gasteiger partial charge in [0.1, 0.15) is 28.9 Å². The number of nitrogens with zero attached hydrogens (tertiary/aromatic N) is 1. The summed E-state index contributed by atoms with van der Waals surface area (Å²) in [5.74, 6) is -2.11. The molecule has 9 heteroatoms. The number of fused-ring (bicyclic) bond motifs is 1. The Morgan fingerprint density at radius 2 is 1.96 bits per heavy atom. The molecule has 3 atom stereocenters. The molecule has 5 N–H and O–H groups in total. The van der Waals surface area contributed by atoms with Crippen LogP contribution in [0.3, 0.4) is 0 Å². The molecule has 1 fully saturated rings. The topological polar surface area (TPSA) is 133 Å². The molecular formula is C15H15N3O5S. The van der Waals surface area contributed by atoms with Crippen molar-refractivity contribution < 1.29 is 24.6 Å². The van der Waals surface area contributed by atoms with Crippen molar-refractivity contribution in [2.24, 2.45) is 5.73 Å². The maximum Gasteiger partial charge on any atom is 0.353 e. The van der Waals surface area contributed by atoms with Crippen LogP contribution in [-0.4, -0.2) is 44.3 Å². The van der Waals surface area contributed by atoms with Crippen molar-refractivity contribution in [3.8, 4) is 5.75 Å². The summed E-state index contributed by atoms with van der Waals surface area (Å²) < 4.78 is 0. The lowest BCUT2D eigenvalue weighted by Crippen LogP contribution is -2.68. The van der Waals surface area contributed by atoms with Gasteiger partial charge in [0.15, 0.2) is 0 Å². The number of phenols is 1. The molecule has 1 aromatic carbocycles. The van der Waals surface area contributed by atoms with E-state index in [9.17, 15) is 19.5 Å². The van der Waals surface area contributed by atoms with Crippen LogP contribution in [0.1, 0.15) is 18.5 Å². The number of carboxylic acids is 1. The Morgan fingerprint density at radius 1 is 1.33 bits per heavy atom. The number of carbonyl (C=O) groups is 3. The Morgan fingerprint density at radius 3 is 2.54 bits per heavy atom. The molecule has 3 rings (SSSR count). The highest BCUT2D eigenvalue weighted by Gasteiger charge is 2.56. The predicted molar refractivity (Wildman–Crippen MR) is 85.5 cm³/mol. The Kier molecular flexibility index (Phi) is 3.98. The van der Waals surface area contributed by atoms with Crippen LogP contribution in [-0.2, 0) is 14.4 Å². The van der Waals surface area contributed by atoms with Gasteiger partial charge in [0, 0.05) is 4.91 Å². The molecule has 2 heterocycles. The minimum Gasteiger partial charge on any atom is -0.508 e. The number of rotatable bonds is 4. The van der Waals surface area contributed by atoms with Gasteiger partial charge in [0.05, 0.1) is 0 Å². The van der Waals surface area contributed by atoms with Gasteiger partial charge < -0.3 is 21.3 Å². The first-order chi connectivity index (χ1) is 11.3. The first-order valence-corrected chi connectivity index (χ1v) is 7.98. The van der Waals surface area contributed by atoms with Gasteiger partial charge in [-0.1, -0.05) is 12.1 Å². The van der Waals surface area contributed by atoms with Crippen LogP contribution < -0.4 is 11.1 Å². The van der Waals surface area contributed by atoms with E-state index in [-0.39, 0.29) is 11.4 Å². The zero-order chi connectivity index (χ0) is 17.6. The highest BCUT2D eigenvalue weighted by molar-refractivity contribution is 8.04. The normalized spacial score (nSPS) is 23.6. The first kappa shape index (κ1) is 16.3. The molecule has 0 spiro atoms. The standard InChI is InChI=1S/C15H15N3O5S/c1-6-11(15(22)23)18-13(21)10(14(18)24-6)17-12(20)9(16)7-2-4-8(19)5-3-7/h2-5,9-10,14,19H,16H2,1H3,(H,17,20)(H,22,23)/t9-,10-,14-/m1/s1. The van der Waals surface area contributed by atoms with Gasteiger partial charge in [-0.05, 0) is 24.6 Å². The van der Waals surface area contributed by atoms with E-state index >= 15 is 0 Å². The van der Waals surface area contributed by atoms with Crippen molar-refractivity contribution in [3.05, 3.63) is 40.4 Å². The van der Waals surface area contributed by atoms with Crippen molar-refractivity contribution in [3.63, 3.8) is 0 Å². The number of β-lactam (4-membered cyclic amide) rings is 1. The summed E-state index contributed by atoms with van der Waals surface area (Å²) in [6, 6.07) is 4.07. The third-order valence-corrected chi connectivity index (χ3v) is 5.22. The molecule has 24 heavy (non-hydrogen) atoms. The maximum atomic E-state index is 12.3. The Balaban J connectivity index is 1.68. The number of allylic oxidation sites excluding steroid dienone is 1. The number of hydrogen-bond acceptors (Lipinski definition) is 6. The summed E-state index contributed by atoms with van der Waals surface area (Å²) in [5.41, 5.74) is 6.33. The zero-order valence-corrected chi connectivity index (χ0v) is 13.4. The van der Waals surface area contributed by atoms with E-state index in [0.29, 0.717) is 10.5 Å². The van der Waals surface area contributed by atoms with E-state index in [1.807, 2.05) is 0 Å². The van der Waals surface area contributed by atoms with Crippen molar-refractivity contribution in [2.45, 2.75) is 24.4 Å². The smallest absolute Gasteiger partial charge is 0.353 e. The summed E-state index contributed by atoms with van der Waals surface area (Å²) in [4.78, 5) is 37.3. The van der Waals surface area contributed by atoms with Gasteiger partial charge in [-0.15, -0.1) is 11.8 Å². The average molecular weight is 349 g/mol. The van der Waals surface area contributed by atoms with Gasteiger partial charge in [-0.3, -0.25) is 14.5 Å². The molecule has 0 unspecified atom stereocenters. The first-order valence-electron chi connectivity index (χ1n) is 7.10. The maximum absolute atomic E-state index is 12.3. The van der Waals surface area contributed by atoms with Crippen LogP contribution in [0.4, 0.5) is 0 Å². The Bertz CT molecular complexity index is 761. The number of benzene rings is 1. The second kappa shape index (κ2) is 5.84. The molecule has 2 aliphatic heterocycles. The monoisotopic (exact) mass is 349 g/mol. The molecule has 2 amide bonds. The number of aliphatic carboxylic acids is 1. The van der Waals surface area contributed by atoms with E-state index in [1.54, 1.807) is 6.92 Å². The van der Waals surface area contributed by atoms with Gasteiger partial charge in [-0.2, -0.15) is 0 Å². The van der Waals surface area contributed by atoms with E-state index in [0.717, 1.165) is 0 Å². The van der Waals surface area contributed by atoms with Crippen LogP contribution in [0.25, 0.3) is 0 Å². The van der Waals surface area contributed by atoms with Gasteiger partial charge >= 0.3 is 5.97 Å². The van der Waals surface area contributed by atoms with E-state index in [1.165, 1.54) is 40.9 Å². The number of aromatic hydroxyl groups is 1. The molecule has 8 nitrogen and oxygen atoms in total. The molecule has 0 aromatic heterocycles. The summed E-state index contributed by atoms with van der Waals surface area (Å²) >= 11 is 1.23. The fourth-order valence-electron chi connectivity index (χ4n) is 2.69. The van der Waals surface area contributed by atoms with Crippen molar-refractivity contribution in [1.82, 2.24) is 10.2 Å². The Labute approximate surface area is 141 Å². The second-order valence-corrected chi connectivity index (χ2v) is 6.81. The average Bonchev–Trinajstić information content (AvgIpc) is 2.86. The molecule has 0 aliphatic carbocycles. The van der Waals surface area contributed by atoms with Crippen LogP contribution in [0.2, 0.25) is 0 Å². The minimum atomic E-state index is -1.17. The molecular weight excluding hydrogens is 334 g/mol. The predicted octanol–water partition coefficient (Wildman–Crippen LogP) is 0.108. The lowest BCUT2D eigenvalue weighted by molar-refractivity contribution is -0.150. The number of thioether (sulfide) groups is 1. The summed E-state index contributed by atoms with van der Waals surface area (Å²) in [7, 11) is 0. The number of nitrogens with one attached hydrogen (secondary N) is 1. The van der Waals surface area contributed by atoms with Crippen LogP contribution >= 0.6 is 11.8 Å². The van der Waals surface area contributed by atoms with Crippen molar-refractivity contribution in [1.29, 1.82) is 0 Å². The third kappa shape index (κ3) is 2.51. The molecule has 1 aromatic rings. The zero-order valence-electron chi connectivity index (χ0n) is 12.6. The summed E-state index contributed by atoms with van der Waals surface area (Å²) in [6.45, 7) is 1.63. The van der Waals surface area contributed by atoms with Gasteiger partial charge in [0.2, 0.25) is 5.91 Å². The number of amides is 2. The summed E-state index contributed by atoms with van der Waals surface area (Å²) in [5, 5.41) is 20.5. The largest absolute Gasteiger partial charge is 0.508 e. The van der Waals surface area contributed by atoms with Crippen molar-refractivity contribution in [2.75, 3.05) is 0 Å². The highest BCUT2D eigenvalue weighted by Crippen LogP contribution is 2.45. The number of carboxylic acid groups (broad SMARTS) is 1. The number of hydrogen-bond donors (Lipinski definition) is 4. The minimum absolute atomic E-state index is 0.0386. The van der Waals surface area contributed by atoms with E-state index < -0.39 is 35.2 Å². The quantitative estimate of drug-likeness (QED) is 0.567. The van der Waals surface area contributed by atoms with Crippen LogP contribution in [0.5, 0.6) is 5.75 Å². The molecule has 126 valence electrons. The molecule has 0 bridgehead atoms. The highest BCUT2D eigenvalue weighted by atomic mass is 32.2. The summed E-state index contributed by atoms with van der Waals surface area (Å²) in [6.07, 6.45) is 0. The number of phenolic OH excluding ortho intramolecular Hbond substituents is 1. The van der Waals surface area contributed by atoms with E-state index in [2.05, 4.69) is 5.32 Å². The fraction of sp³-hybridized carbons (Fsp3) is 0.267. The SMILES string of the molecule is CC1=C(C(=O)O)N2C(=O)[C@@H](NC(=O)[C@H](N)c3ccc(O)cc3)[C@H]2S1. The Hall–Kier alpha value is -2.52. The van der Waals surface area contributed by atoms with Crippen LogP contribution in [0, 0.1) is 0 Å². The fourth-order valence-corrected chi connectivity index (χ4v) is 3.99. The molecule has 0 saturated carbocycles. The van der Waals surface area contributed by atoms with Gasteiger partial charge in [0.25, 0.3) is 5.91 Å². The van der Waals surface area contributed by atoms with Crippen molar-refractivity contribution >= 4 is 29.5 Å². The third-order valence-electron chi connectivity index (χ3n) is 3.95. The molecule has 2 aliphatic rings. The van der Waals surface area contributed by atoms with Crippen LogP contribution in [0.15, 0.2) is 34.9 Å². The number of carbonyl (C=O) groups excluding carboxylic acids is 2. The van der Waals surface area contributed by atoms with E-state index in [4.69, 9.17) is 10.8 Å².